The number of halogens is 1. The Labute approximate surface area is 126 Å². The summed E-state index contributed by atoms with van der Waals surface area (Å²) in [5, 5.41) is 1.23. The molecule has 0 saturated heterocycles. The minimum Gasteiger partial charge on any atom is -0.248 e. The Hall–Kier alpha value is -1.86. The molecule has 0 N–H and O–H groups in total. The lowest BCUT2D eigenvalue weighted by Crippen LogP contribution is -1.91. The molecule has 2 heteroatoms. The molecule has 0 aliphatic carbocycles. The maximum Gasteiger partial charge on any atom is 0.0715 e. The van der Waals surface area contributed by atoms with Gasteiger partial charge >= 0.3 is 0 Å². The first-order valence-electron chi connectivity index (χ1n) is 6.59. The van der Waals surface area contributed by atoms with Gasteiger partial charge in [0.25, 0.3) is 0 Å². The summed E-state index contributed by atoms with van der Waals surface area (Å²) in [6.07, 6.45) is 0. The fourth-order valence-electron chi connectivity index (χ4n) is 2.50. The Bertz CT molecular complexity index is 762. The number of benzene rings is 2. The van der Waals surface area contributed by atoms with Crippen LogP contribution in [-0.2, 0) is 0 Å². The predicted octanol–water partition coefficient (Wildman–Crippen LogP) is 5.25. The van der Waals surface area contributed by atoms with E-state index in [-0.39, 0.29) is 12.4 Å². The maximum atomic E-state index is 4.81. The first kappa shape index (κ1) is 14.5. The number of rotatable bonds is 1. The van der Waals surface area contributed by atoms with Gasteiger partial charge in [-0.15, -0.1) is 12.4 Å². The van der Waals surface area contributed by atoms with E-state index >= 15 is 0 Å². The number of para-hydroxylation sites is 1. The van der Waals surface area contributed by atoms with E-state index in [1.54, 1.807) is 0 Å². The van der Waals surface area contributed by atoms with Crippen molar-refractivity contribution in [1.82, 2.24) is 4.98 Å². The van der Waals surface area contributed by atoms with E-state index < -0.39 is 0 Å². The van der Waals surface area contributed by atoms with E-state index in [1.165, 1.54) is 27.6 Å². The Morgan fingerprint density at radius 1 is 0.800 bits per heavy atom. The van der Waals surface area contributed by atoms with Crippen LogP contribution in [0.5, 0.6) is 0 Å². The number of pyridine rings is 1. The lowest BCUT2D eigenvalue weighted by atomic mass is 10.00. The van der Waals surface area contributed by atoms with Crippen LogP contribution in [0.2, 0.25) is 0 Å². The molecule has 3 rings (SSSR count). The van der Waals surface area contributed by atoms with Gasteiger partial charge in [-0.2, -0.15) is 0 Å². The van der Waals surface area contributed by atoms with Gasteiger partial charge < -0.3 is 0 Å². The number of fused-ring (bicyclic) bond motifs is 1. The SMILES string of the molecule is Cc1ccc(C)c(-c2cc(C)c3ccccc3n2)c1.Cl. The van der Waals surface area contributed by atoms with Crippen molar-refractivity contribution in [2.45, 2.75) is 20.8 Å². The van der Waals surface area contributed by atoms with Gasteiger partial charge in [-0.1, -0.05) is 35.9 Å². The molecule has 0 spiro atoms. The minimum absolute atomic E-state index is 0. The standard InChI is InChI=1S/C18H17N.ClH/c1-12-8-9-13(2)16(10-12)18-11-14(3)15-6-4-5-7-17(15)19-18;/h4-11H,1-3H3;1H. The van der Waals surface area contributed by atoms with E-state index in [2.05, 4.69) is 63.2 Å². The van der Waals surface area contributed by atoms with E-state index in [9.17, 15) is 0 Å². The minimum atomic E-state index is 0. The van der Waals surface area contributed by atoms with Crippen LogP contribution in [0.3, 0.4) is 0 Å². The van der Waals surface area contributed by atoms with Crippen molar-refractivity contribution < 1.29 is 0 Å². The summed E-state index contributed by atoms with van der Waals surface area (Å²) in [6, 6.07) is 17.0. The van der Waals surface area contributed by atoms with Crippen LogP contribution in [0.1, 0.15) is 16.7 Å². The van der Waals surface area contributed by atoms with Gasteiger partial charge in [0.15, 0.2) is 0 Å². The Balaban J connectivity index is 0.00000147. The second-order valence-corrected chi connectivity index (χ2v) is 5.16. The van der Waals surface area contributed by atoms with Gasteiger partial charge in [0.1, 0.15) is 0 Å². The number of hydrogen-bond acceptors (Lipinski definition) is 1. The van der Waals surface area contributed by atoms with Gasteiger partial charge in [-0.25, -0.2) is 4.98 Å². The number of hydrogen-bond donors (Lipinski definition) is 0. The molecule has 2 aromatic carbocycles. The van der Waals surface area contributed by atoms with Crippen molar-refractivity contribution in [3.05, 3.63) is 65.2 Å². The first-order chi connectivity index (χ1) is 9.15. The van der Waals surface area contributed by atoms with Crippen molar-refractivity contribution in [3.63, 3.8) is 0 Å². The zero-order valence-corrected chi connectivity index (χ0v) is 12.8. The Kier molecular flexibility index (Phi) is 4.10. The fourth-order valence-corrected chi connectivity index (χ4v) is 2.50. The number of nitrogens with zero attached hydrogens (tertiary/aromatic N) is 1. The molecule has 0 amide bonds. The highest BCUT2D eigenvalue weighted by molar-refractivity contribution is 5.85. The molecule has 0 atom stereocenters. The normalized spacial score (nSPS) is 10.3. The lowest BCUT2D eigenvalue weighted by Gasteiger charge is -2.10. The van der Waals surface area contributed by atoms with Gasteiger partial charge in [-0.05, 0) is 50.1 Å². The largest absolute Gasteiger partial charge is 0.248 e. The third-order valence-electron chi connectivity index (χ3n) is 3.59. The summed E-state index contributed by atoms with van der Waals surface area (Å²) in [5.74, 6) is 0. The molecule has 0 fully saturated rings. The van der Waals surface area contributed by atoms with E-state index in [0.29, 0.717) is 0 Å². The molecule has 0 unspecified atom stereocenters. The van der Waals surface area contributed by atoms with Crippen molar-refractivity contribution in [2.24, 2.45) is 0 Å². The summed E-state index contributed by atoms with van der Waals surface area (Å²) in [6.45, 7) is 6.41. The van der Waals surface area contributed by atoms with Gasteiger partial charge in [0, 0.05) is 10.9 Å². The lowest BCUT2D eigenvalue weighted by molar-refractivity contribution is 1.32. The van der Waals surface area contributed by atoms with Crippen LogP contribution in [-0.4, -0.2) is 4.98 Å². The second kappa shape index (κ2) is 5.64. The number of aryl methyl sites for hydroxylation is 3. The zero-order chi connectivity index (χ0) is 13.4. The fraction of sp³-hybridized carbons (Fsp3) is 0.167. The quantitative estimate of drug-likeness (QED) is 0.594. The maximum absolute atomic E-state index is 4.81. The first-order valence-corrected chi connectivity index (χ1v) is 6.59. The van der Waals surface area contributed by atoms with Gasteiger partial charge in [0.2, 0.25) is 0 Å². The average Bonchev–Trinajstić information content (AvgIpc) is 2.41. The molecular weight excluding hydrogens is 266 g/mol. The summed E-state index contributed by atoms with van der Waals surface area (Å²) >= 11 is 0. The molecule has 0 aliphatic rings. The molecule has 0 radical (unpaired) electrons. The van der Waals surface area contributed by atoms with Crippen LogP contribution in [0.25, 0.3) is 22.2 Å². The molecule has 0 saturated carbocycles. The summed E-state index contributed by atoms with van der Waals surface area (Å²) in [5.41, 5.74) is 7.19. The average molecular weight is 284 g/mol. The molecule has 3 aromatic rings. The van der Waals surface area contributed by atoms with Gasteiger partial charge in [0.05, 0.1) is 11.2 Å². The van der Waals surface area contributed by atoms with Gasteiger partial charge in [-0.3, -0.25) is 0 Å². The molecular formula is C18H18ClN. The van der Waals surface area contributed by atoms with E-state index in [0.717, 1.165) is 11.2 Å². The van der Waals surface area contributed by atoms with E-state index in [1.807, 2.05) is 6.07 Å². The van der Waals surface area contributed by atoms with Crippen molar-refractivity contribution in [3.8, 4) is 11.3 Å². The second-order valence-electron chi connectivity index (χ2n) is 5.16. The number of aromatic nitrogens is 1. The van der Waals surface area contributed by atoms with Crippen molar-refractivity contribution in [2.75, 3.05) is 0 Å². The molecule has 1 heterocycles. The predicted molar refractivity (Wildman–Crippen MR) is 88.6 cm³/mol. The molecule has 102 valence electrons. The van der Waals surface area contributed by atoms with E-state index in [4.69, 9.17) is 4.98 Å². The topological polar surface area (TPSA) is 12.9 Å². The summed E-state index contributed by atoms with van der Waals surface area (Å²) < 4.78 is 0. The van der Waals surface area contributed by atoms with Crippen molar-refractivity contribution in [1.29, 1.82) is 0 Å². The van der Waals surface area contributed by atoms with Crippen LogP contribution in [0.4, 0.5) is 0 Å². The smallest absolute Gasteiger partial charge is 0.0715 e. The summed E-state index contributed by atoms with van der Waals surface area (Å²) in [7, 11) is 0. The molecule has 1 nitrogen and oxygen atoms in total. The summed E-state index contributed by atoms with van der Waals surface area (Å²) in [4.78, 5) is 4.81. The molecule has 20 heavy (non-hydrogen) atoms. The Morgan fingerprint density at radius 2 is 1.55 bits per heavy atom. The monoisotopic (exact) mass is 283 g/mol. The highest BCUT2D eigenvalue weighted by atomic mass is 35.5. The molecule has 0 bridgehead atoms. The highest BCUT2D eigenvalue weighted by Gasteiger charge is 2.07. The molecule has 1 aromatic heterocycles. The highest BCUT2D eigenvalue weighted by Crippen LogP contribution is 2.27. The van der Waals surface area contributed by atoms with Crippen molar-refractivity contribution >= 4 is 23.3 Å². The third-order valence-corrected chi connectivity index (χ3v) is 3.59. The molecule has 0 aliphatic heterocycles. The van der Waals surface area contributed by atoms with Crippen LogP contribution >= 0.6 is 12.4 Å². The van der Waals surface area contributed by atoms with Crippen LogP contribution < -0.4 is 0 Å². The van der Waals surface area contributed by atoms with Crippen LogP contribution in [0.15, 0.2) is 48.5 Å². The van der Waals surface area contributed by atoms with Crippen LogP contribution in [0, 0.1) is 20.8 Å². The zero-order valence-electron chi connectivity index (χ0n) is 12.0. The third kappa shape index (κ3) is 2.54. The Morgan fingerprint density at radius 3 is 2.35 bits per heavy atom.